The Hall–Kier alpha value is -3.68. The van der Waals surface area contributed by atoms with E-state index in [1.54, 1.807) is 16.8 Å². The first-order valence-electron chi connectivity index (χ1n) is 12.0. The lowest BCUT2D eigenvalue weighted by Crippen LogP contribution is -2.47. The van der Waals surface area contributed by atoms with Crippen LogP contribution in [-0.4, -0.2) is 52.0 Å². The van der Waals surface area contributed by atoms with Gasteiger partial charge in [-0.3, -0.25) is 4.79 Å². The molecule has 0 radical (unpaired) electrons. The maximum atomic E-state index is 13.5. The first-order valence-corrected chi connectivity index (χ1v) is 12.0. The first kappa shape index (κ1) is 23.1. The molecule has 2 heterocycles. The van der Waals surface area contributed by atoms with Crippen molar-refractivity contribution < 1.29 is 23.8 Å². The number of carbonyl (C=O) groups is 2. The smallest absolute Gasteiger partial charge is 0.407 e. The van der Waals surface area contributed by atoms with Crippen LogP contribution in [0.3, 0.4) is 0 Å². The summed E-state index contributed by atoms with van der Waals surface area (Å²) in [6, 6.07) is 14.3. The van der Waals surface area contributed by atoms with Crippen molar-refractivity contribution in [2.45, 2.75) is 37.5 Å². The number of rotatable bonds is 5. The minimum atomic E-state index is -0.886. The van der Waals surface area contributed by atoms with Gasteiger partial charge < -0.3 is 14.7 Å². The van der Waals surface area contributed by atoms with Crippen molar-refractivity contribution >= 4 is 12.1 Å². The SMILES string of the molecule is COC(=O)[C@@H]1CCCC[C@H]1c1nn(-c2ccc(F)cc2)cc1-c1ccc(C2CN(C(=O)O)C2)cc1. The van der Waals surface area contributed by atoms with Crippen LogP contribution in [0, 0.1) is 11.7 Å². The third-order valence-corrected chi connectivity index (χ3v) is 7.30. The normalized spacial score (nSPS) is 20.3. The molecule has 7 nitrogen and oxygen atoms in total. The Morgan fingerprint density at radius 1 is 1.03 bits per heavy atom. The van der Waals surface area contributed by atoms with Gasteiger partial charge >= 0.3 is 12.1 Å². The second-order valence-electron chi connectivity index (χ2n) is 9.38. The molecule has 1 aromatic heterocycles. The standard InChI is InChI=1S/C27H28FN3O4/c1-35-26(32)23-5-3-2-4-22(23)25-24(16-31(29-25)21-12-10-20(28)11-13-21)18-8-6-17(7-9-18)19-14-30(15-19)27(33)34/h6-13,16,19,22-23H,2-5,14-15H2,1H3,(H,33,34)/t22-,23-/m1/s1. The molecule has 1 N–H and O–H groups in total. The number of benzene rings is 2. The monoisotopic (exact) mass is 477 g/mol. The Morgan fingerprint density at radius 2 is 1.71 bits per heavy atom. The van der Waals surface area contributed by atoms with E-state index in [-0.39, 0.29) is 29.5 Å². The molecule has 1 saturated heterocycles. The Labute approximate surface area is 203 Å². The molecule has 1 amide bonds. The number of hydrogen-bond donors (Lipinski definition) is 1. The fraction of sp³-hybridized carbons (Fsp3) is 0.370. The first-order chi connectivity index (χ1) is 16.9. The zero-order valence-corrected chi connectivity index (χ0v) is 19.6. The molecule has 35 heavy (non-hydrogen) atoms. The van der Waals surface area contributed by atoms with Crippen LogP contribution in [0.5, 0.6) is 0 Å². The van der Waals surface area contributed by atoms with Crippen molar-refractivity contribution in [3.05, 3.63) is 71.8 Å². The van der Waals surface area contributed by atoms with Crippen LogP contribution in [0.15, 0.2) is 54.7 Å². The molecule has 0 spiro atoms. The number of halogens is 1. The van der Waals surface area contributed by atoms with Crippen molar-refractivity contribution in [3.8, 4) is 16.8 Å². The third-order valence-electron chi connectivity index (χ3n) is 7.30. The van der Waals surface area contributed by atoms with Gasteiger partial charge in [0, 0.05) is 36.7 Å². The van der Waals surface area contributed by atoms with E-state index >= 15 is 0 Å². The van der Waals surface area contributed by atoms with Crippen LogP contribution in [0.25, 0.3) is 16.8 Å². The quantitative estimate of drug-likeness (QED) is 0.511. The van der Waals surface area contributed by atoms with Gasteiger partial charge in [-0.1, -0.05) is 37.1 Å². The maximum Gasteiger partial charge on any atom is 0.407 e. The summed E-state index contributed by atoms with van der Waals surface area (Å²) in [7, 11) is 1.43. The van der Waals surface area contributed by atoms with E-state index in [9.17, 15) is 14.0 Å². The van der Waals surface area contributed by atoms with Crippen LogP contribution in [0.1, 0.15) is 48.8 Å². The average Bonchev–Trinajstić information content (AvgIpc) is 3.28. The van der Waals surface area contributed by atoms with Gasteiger partial charge in [0.05, 0.1) is 24.4 Å². The molecule has 182 valence electrons. The second-order valence-corrected chi connectivity index (χ2v) is 9.38. The lowest BCUT2D eigenvalue weighted by atomic mass is 9.76. The number of aromatic nitrogens is 2. The molecule has 2 fully saturated rings. The second kappa shape index (κ2) is 9.52. The molecule has 1 saturated carbocycles. The topological polar surface area (TPSA) is 84.7 Å². The van der Waals surface area contributed by atoms with E-state index in [4.69, 9.17) is 14.9 Å². The Kier molecular flexibility index (Phi) is 6.28. The zero-order valence-electron chi connectivity index (χ0n) is 19.6. The molecule has 2 aliphatic rings. The Bertz CT molecular complexity index is 1220. The summed E-state index contributed by atoms with van der Waals surface area (Å²) >= 11 is 0. The molecule has 0 unspecified atom stereocenters. The number of esters is 1. The van der Waals surface area contributed by atoms with Crippen LogP contribution in [-0.2, 0) is 9.53 Å². The van der Waals surface area contributed by atoms with Crippen LogP contribution in [0.2, 0.25) is 0 Å². The Morgan fingerprint density at radius 3 is 2.37 bits per heavy atom. The number of carbonyl (C=O) groups excluding carboxylic acids is 1. The lowest BCUT2D eigenvalue weighted by molar-refractivity contribution is -0.147. The highest BCUT2D eigenvalue weighted by molar-refractivity contribution is 5.75. The third kappa shape index (κ3) is 4.52. The minimum Gasteiger partial charge on any atom is -0.469 e. The summed E-state index contributed by atoms with van der Waals surface area (Å²) in [6.45, 7) is 1.01. The lowest BCUT2D eigenvalue weighted by Gasteiger charge is -2.37. The van der Waals surface area contributed by atoms with Gasteiger partial charge in [-0.15, -0.1) is 0 Å². The van der Waals surface area contributed by atoms with Crippen LogP contribution >= 0.6 is 0 Å². The number of hydrogen-bond acceptors (Lipinski definition) is 4. The average molecular weight is 478 g/mol. The fourth-order valence-electron chi connectivity index (χ4n) is 5.28. The highest BCUT2D eigenvalue weighted by Crippen LogP contribution is 2.42. The van der Waals surface area contributed by atoms with Gasteiger partial charge in [0.1, 0.15) is 5.82 Å². The van der Waals surface area contributed by atoms with Crippen LogP contribution < -0.4 is 0 Å². The van der Waals surface area contributed by atoms with E-state index in [2.05, 4.69) is 0 Å². The number of amides is 1. The molecule has 0 bridgehead atoms. The fourth-order valence-corrected chi connectivity index (χ4v) is 5.28. The van der Waals surface area contributed by atoms with Gasteiger partial charge in [-0.25, -0.2) is 13.9 Å². The Balaban J connectivity index is 1.51. The van der Waals surface area contributed by atoms with E-state index in [1.807, 2.05) is 30.5 Å². The van der Waals surface area contributed by atoms with Gasteiger partial charge in [0.2, 0.25) is 0 Å². The number of ether oxygens (including phenoxy) is 1. The summed E-state index contributed by atoms with van der Waals surface area (Å²) in [5, 5.41) is 14.0. The molecule has 3 aromatic rings. The summed E-state index contributed by atoms with van der Waals surface area (Å²) < 4.78 is 20.4. The van der Waals surface area contributed by atoms with E-state index in [0.717, 1.165) is 53.8 Å². The van der Waals surface area contributed by atoms with E-state index in [0.29, 0.717) is 13.1 Å². The summed E-state index contributed by atoms with van der Waals surface area (Å²) in [5.41, 5.74) is 4.59. The number of nitrogens with zero attached hydrogens (tertiary/aromatic N) is 3. The molecular weight excluding hydrogens is 449 g/mol. The van der Waals surface area contributed by atoms with Crippen LogP contribution in [0.4, 0.5) is 9.18 Å². The summed E-state index contributed by atoms with van der Waals surface area (Å²) in [4.78, 5) is 25.1. The summed E-state index contributed by atoms with van der Waals surface area (Å²) in [5.74, 6) is -0.639. The number of likely N-dealkylation sites (tertiary alicyclic amines) is 1. The minimum absolute atomic E-state index is 0.0664. The van der Waals surface area contributed by atoms with Crippen molar-refractivity contribution in [1.82, 2.24) is 14.7 Å². The van der Waals surface area contributed by atoms with Crippen molar-refractivity contribution in [3.63, 3.8) is 0 Å². The van der Waals surface area contributed by atoms with Gasteiger partial charge in [0.25, 0.3) is 0 Å². The van der Waals surface area contributed by atoms with E-state index in [1.165, 1.54) is 24.1 Å². The molecular formula is C27H28FN3O4. The molecule has 2 atom stereocenters. The summed E-state index contributed by atoms with van der Waals surface area (Å²) in [6.07, 6.45) is 4.66. The number of carboxylic acid groups (broad SMARTS) is 1. The maximum absolute atomic E-state index is 13.5. The van der Waals surface area contributed by atoms with Crippen molar-refractivity contribution in [2.75, 3.05) is 20.2 Å². The van der Waals surface area contributed by atoms with Crippen molar-refractivity contribution in [2.24, 2.45) is 5.92 Å². The molecule has 5 rings (SSSR count). The van der Waals surface area contributed by atoms with Crippen molar-refractivity contribution in [1.29, 1.82) is 0 Å². The predicted molar refractivity (Wildman–Crippen MR) is 128 cm³/mol. The van der Waals surface area contributed by atoms with Gasteiger partial charge in [-0.2, -0.15) is 5.10 Å². The zero-order chi connectivity index (χ0) is 24.5. The molecule has 8 heteroatoms. The molecule has 2 aromatic carbocycles. The molecule has 1 aliphatic heterocycles. The largest absolute Gasteiger partial charge is 0.469 e. The highest BCUT2D eigenvalue weighted by Gasteiger charge is 2.36. The predicted octanol–water partition coefficient (Wildman–Crippen LogP) is 5.20. The van der Waals surface area contributed by atoms with Gasteiger partial charge in [-0.05, 0) is 48.2 Å². The van der Waals surface area contributed by atoms with Gasteiger partial charge in [0.15, 0.2) is 0 Å². The van der Waals surface area contributed by atoms with E-state index < -0.39 is 6.09 Å². The number of methoxy groups -OCH3 is 1. The molecule has 1 aliphatic carbocycles. The highest BCUT2D eigenvalue weighted by atomic mass is 19.1.